The number of hydrogen-bond donors (Lipinski definition) is 1. The van der Waals surface area contributed by atoms with Gasteiger partial charge in [-0.15, -0.1) is 11.3 Å². The van der Waals surface area contributed by atoms with Gasteiger partial charge in [0, 0.05) is 10.5 Å². The van der Waals surface area contributed by atoms with Crippen molar-refractivity contribution >= 4 is 37.3 Å². The summed E-state index contributed by atoms with van der Waals surface area (Å²) in [4.78, 5) is 0. The molecule has 0 aromatic carbocycles. The van der Waals surface area contributed by atoms with Gasteiger partial charge in [0.15, 0.2) is 0 Å². The van der Waals surface area contributed by atoms with Crippen LogP contribution in [0.5, 0.6) is 0 Å². The zero-order chi connectivity index (χ0) is 12.5. The summed E-state index contributed by atoms with van der Waals surface area (Å²) in [7, 11) is -3.35. The minimum atomic E-state index is -3.35. The standard InChI is InChI=1S/C11H16BrNO2S2/c1-8-3-2-4-9(7-8)13-17(14,15)11-10(12)5-6-16-11/h5-6,8-9,13H,2-4,7H2,1H3. The lowest BCUT2D eigenvalue weighted by molar-refractivity contribution is 0.327. The van der Waals surface area contributed by atoms with Crippen molar-refractivity contribution in [3.8, 4) is 0 Å². The predicted molar refractivity (Wildman–Crippen MR) is 73.8 cm³/mol. The first-order valence-corrected chi connectivity index (χ1v) is 8.90. The summed E-state index contributed by atoms with van der Waals surface area (Å²) in [5.74, 6) is 0.614. The van der Waals surface area contributed by atoms with Crippen LogP contribution in [0.15, 0.2) is 20.1 Å². The first-order valence-electron chi connectivity index (χ1n) is 5.74. The van der Waals surface area contributed by atoms with Crippen molar-refractivity contribution in [2.45, 2.75) is 42.9 Å². The Labute approximate surface area is 115 Å². The summed E-state index contributed by atoms with van der Waals surface area (Å²) < 4.78 is 28.2. The van der Waals surface area contributed by atoms with Crippen LogP contribution < -0.4 is 4.72 Å². The topological polar surface area (TPSA) is 46.2 Å². The summed E-state index contributed by atoms with van der Waals surface area (Å²) in [5.41, 5.74) is 0. The molecule has 1 aliphatic carbocycles. The largest absolute Gasteiger partial charge is 0.251 e. The molecular formula is C11H16BrNO2S2. The van der Waals surface area contributed by atoms with E-state index in [1.165, 1.54) is 17.8 Å². The molecule has 96 valence electrons. The highest BCUT2D eigenvalue weighted by Crippen LogP contribution is 2.29. The van der Waals surface area contributed by atoms with Crippen LogP contribution in [0.1, 0.15) is 32.6 Å². The normalized spacial score (nSPS) is 26.0. The average Bonchev–Trinajstić information content (AvgIpc) is 2.64. The molecule has 2 atom stereocenters. The van der Waals surface area contributed by atoms with Crippen LogP contribution >= 0.6 is 27.3 Å². The van der Waals surface area contributed by atoms with Crippen molar-refractivity contribution in [3.05, 3.63) is 15.9 Å². The average molecular weight is 338 g/mol. The molecule has 0 radical (unpaired) electrons. The second-order valence-corrected chi connectivity index (χ2v) is 8.33. The fourth-order valence-electron chi connectivity index (χ4n) is 2.29. The molecule has 17 heavy (non-hydrogen) atoms. The molecule has 1 fully saturated rings. The van der Waals surface area contributed by atoms with Gasteiger partial charge in [0.05, 0.1) is 0 Å². The maximum atomic E-state index is 12.2. The monoisotopic (exact) mass is 337 g/mol. The van der Waals surface area contributed by atoms with Crippen LogP contribution in [0.2, 0.25) is 0 Å². The quantitative estimate of drug-likeness (QED) is 0.918. The first kappa shape index (κ1) is 13.5. The Kier molecular flexibility index (Phi) is 4.28. The van der Waals surface area contributed by atoms with Crippen LogP contribution in [0, 0.1) is 5.92 Å². The van der Waals surface area contributed by atoms with Gasteiger partial charge < -0.3 is 0 Å². The summed E-state index contributed by atoms with van der Waals surface area (Å²) >= 11 is 4.52. The molecular weight excluding hydrogens is 322 g/mol. The Morgan fingerprint density at radius 1 is 1.47 bits per heavy atom. The van der Waals surface area contributed by atoms with E-state index in [-0.39, 0.29) is 6.04 Å². The Balaban J connectivity index is 2.10. The second-order valence-electron chi connectivity index (χ2n) is 4.65. The van der Waals surface area contributed by atoms with E-state index >= 15 is 0 Å². The maximum absolute atomic E-state index is 12.2. The number of halogens is 1. The van der Waals surface area contributed by atoms with E-state index in [0.29, 0.717) is 14.6 Å². The minimum absolute atomic E-state index is 0.0951. The molecule has 1 aromatic heterocycles. The van der Waals surface area contributed by atoms with Crippen LogP contribution in [0.25, 0.3) is 0 Å². The third-order valence-electron chi connectivity index (χ3n) is 3.09. The molecule has 1 aliphatic rings. The summed E-state index contributed by atoms with van der Waals surface area (Å²) in [6.07, 6.45) is 4.22. The van der Waals surface area contributed by atoms with Gasteiger partial charge in [0.25, 0.3) is 10.0 Å². The van der Waals surface area contributed by atoms with Crippen LogP contribution in [-0.4, -0.2) is 14.5 Å². The molecule has 6 heteroatoms. The van der Waals surface area contributed by atoms with E-state index in [2.05, 4.69) is 27.6 Å². The Bertz CT molecular complexity index is 483. The van der Waals surface area contributed by atoms with E-state index in [0.717, 1.165) is 19.3 Å². The van der Waals surface area contributed by atoms with Gasteiger partial charge in [0.1, 0.15) is 4.21 Å². The van der Waals surface area contributed by atoms with E-state index < -0.39 is 10.0 Å². The number of sulfonamides is 1. The van der Waals surface area contributed by atoms with Crippen molar-refractivity contribution in [2.24, 2.45) is 5.92 Å². The van der Waals surface area contributed by atoms with Crippen LogP contribution in [0.3, 0.4) is 0 Å². The first-order chi connectivity index (χ1) is 7.99. The van der Waals surface area contributed by atoms with Gasteiger partial charge in [-0.3, -0.25) is 0 Å². The lowest BCUT2D eigenvalue weighted by Crippen LogP contribution is -2.37. The molecule has 2 unspecified atom stereocenters. The van der Waals surface area contributed by atoms with Crippen LogP contribution in [-0.2, 0) is 10.0 Å². The summed E-state index contributed by atoms with van der Waals surface area (Å²) in [5, 5.41) is 1.78. The third kappa shape index (κ3) is 3.30. The molecule has 1 N–H and O–H groups in total. The molecule has 1 heterocycles. The molecule has 0 saturated heterocycles. The fourth-order valence-corrected chi connectivity index (χ4v) is 5.92. The van der Waals surface area contributed by atoms with Crippen molar-refractivity contribution in [1.82, 2.24) is 4.72 Å². The Morgan fingerprint density at radius 2 is 2.24 bits per heavy atom. The molecule has 0 amide bonds. The van der Waals surface area contributed by atoms with Gasteiger partial charge in [-0.1, -0.05) is 19.8 Å². The molecule has 1 aromatic rings. The zero-order valence-electron chi connectivity index (χ0n) is 9.65. The molecule has 0 bridgehead atoms. The highest BCUT2D eigenvalue weighted by molar-refractivity contribution is 9.10. The Morgan fingerprint density at radius 3 is 2.82 bits per heavy atom. The fraction of sp³-hybridized carbons (Fsp3) is 0.636. The van der Waals surface area contributed by atoms with Crippen molar-refractivity contribution < 1.29 is 8.42 Å². The zero-order valence-corrected chi connectivity index (χ0v) is 12.9. The lowest BCUT2D eigenvalue weighted by atomic mass is 9.88. The van der Waals surface area contributed by atoms with Gasteiger partial charge in [-0.05, 0) is 46.1 Å². The van der Waals surface area contributed by atoms with Crippen molar-refractivity contribution in [2.75, 3.05) is 0 Å². The Hall–Kier alpha value is 0.0900. The SMILES string of the molecule is CC1CCCC(NS(=O)(=O)c2sccc2Br)C1. The summed E-state index contributed by atoms with van der Waals surface area (Å²) in [6, 6.07) is 1.86. The highest BCUT2D eigenvalue weighted by Gasteiger charge is 2.26. The van der Waals surface area contributed by atoms with Gasteiger partial charge >= 0.3 is 0 Å². The van der Waals surface area contributed by atoms with Crippen molar-refractivity contribution in [1.29, 1.82) is 0 Å². The number of hydrogen-bond acceptors (Lipinski definition) is 3. The van der Waals surface area contributed by atoms with Gasteiger partial charge in [-0.25, -0.2) is 13.1 Å². The second kappa shape index (κ2) is 5.38. The smallest absolute Gasteiger partial charge is 0.207 e. The van der Waals surface area contributed by atoms with E-state index in [1.807, 2.05) is 0 Å². The third-order valence-corrected chi connectivity index (χ3v) is 7.28. The highest BCUT2D eigenvalue weighted by atomic mass is 79.9. The molecule has 3 nitrogen and oxygen atoms in total. The number of rotatable bonds is 3. The number of thiophene rings is 1. The molecule has 2 rings (SSSR count). The number of nitrogens with one attached hydrogen (secondary N) is 1. The van der Waals surface area contributed by atoms with E-state index in [1.54, 1.807) is 11.4 Å². The molecule has 0 aliphatic heterocycles. The molecule has 1 saturated carbocycles. The van der Waals surface area contributed by atoms with Crippen LogP contribution in [0.4, 0.5) is 0 Å². The van der Waals surface area contributed by atoms with E-state index in [9.17, 15) is 8.42 Å². The van der Waals surface area contributed by atoms with Gasteiger partial charge in [-0.2, -0.15) is 0 Å². The van der Waals surface area contributed by atoms with Crippen molar-refractivity contribution in [3.63, 3.8) is 0 Å². The molecule has 0 spiro atoms. The van der Waals surface area contributed by atoms with E-state index in [4.69, 9.17) is 0 Å². The summed E-state index contributed by atoms with van der Waals surface area (Å²) in [6.45, 7) is 2.18. The maximum Gasteiger partial charge on any atom is 0.251 e. The van der Waals surface area contributed by atoms with Gasteiger partial charge in [0.2, 0.25) is 0 Å². The predicted octanol–water partition coefficient (Wildman–Crippen LogP) is 3.37. The minimum Gasteiger partial charge on any atom is -0.207 e. The lowest BCUT2D eigenvalue weighted by Gasteiger charge is -2.27.